The molecule has 1 saturated heterocycles. The van der Waals surface area contributed by atoms with E-state index in [1.54, 1.807) is 42.5 Å². The second-order valence-electron chi connectivity index (χ2n) is 8.23. The predicted octanol–water partition coefficient (Wildman–Crippen LogP) is 2.86. The first-order chi connectivity index (χ1) is 15.7. The number of carbonyl (C=O) groups excluding carboxylic acids is 2. The Bertz CT molecular complexity index is 1290. The molecule has 0 aliphatic carbocycles. The average molecular weight is 470 g/mol. The van der Waals surface area contributed by atoms with Crippen LogP contribution >= 0.6 is 0 Å². The zero-order valence-electron chi connectivity index (χ0n) is 18.9. The van der Waals surface area contributed by atoms with Crippen molar-refractivity contribution in [3.8, 4) is 0 Å². The summed E-state index contributed by atoms with van der Waals surface area (Å²) in [6.07, 6.45) is -0.973. The largest absolute Gasteiger partial charge is 0.449 e. The summed E-state index contributed by atoms with van der Waals surface area (Å²) in [6, 6.07) is 13.5. The van der Waals surface area contributed by atoms with Gasteiger partial charge in [0.2, 0.25) is 10.0 Å². The van der Waals surface area contributed by atoms with Crippen molar-refractivity contribution in [2.24, 2.45) is 0 Å². The van der Waals surface area contributed by atoms with Gasteiger partial charge in [-0.3, -0.25) is 4.79 Å². The van der Waals surface area contributed by atoms with Gasteiger partial charge in [-0.2, -0.15) is 4.31 Å². The van der Waals surface area contributed by atoms with E-state index >= 15 is 0 Å². The first-order valence-corrected chi connectivity index (χ1v) is 12.3. The highest BCUT2D eigenvalue weighted by molar-refractivity contribution is 7.89. The van der Waals surface area contributed by atoms with Crippen LogP contribution in [0.3, 0.4) is 0 Å². The molecule has 1 fully saturated rings. The third-order valence-electron chi connectivity index (χ3n) is 6.11. The lowest BCUT2D eigenvalue weighted by Gasteiger charge is -2.35. The first-order valence-electron chi connectivity index (χ1n) is 10.8. The van der Waals surface area contributed by atoms with E-state index in [4.69, 9.17) is 4.74 Å². The average Bonchev–Trinajstić information content (AvgIpc) is 3.12. The van der Waals surface area contributed by atoms with Gasteiger partial charge in [-0.25, -0.2) is 13.2 Å². The molecular weight excluding hydrogens is 442 g/mol. The van der Waals surface area contributed by atoms with Crippen molar-refractivity contribution in [3.63, 3.8) is 0 Å². The molecule has 1 atom stereocenters. The smallest absolute Gasteiger partial charge is 0.338 e. The van der Waals surface area contributed by atoms with Gasteiger partial charge in [0.25, 0.3) is 5.91 Å². The molecule has 1 unspecified atom stereocenters. The molecule has 174 valence electrons. The van der Waals surface area contributed by atoms with Gasteiger partial charge >= 0.3 is 5.97 Å². The highest BCUT2D eigenvalue weighted by Crippen LogP contribution is 2.23. The van der Waals surface area contributed by atoms with Crippen molar-refractivity contribution in [2.75, 3.05) is 26.2 Å². The molecule has 1 aromatic heterocycles. The lowest BCUT2D eigenvalue weighted by atomic mass is 10.1. The Labute approximate surface area is 193 Å². The molecule has 33 heavy (non-hydrogen) atoms. The number of aromatic nitrogens is 1. The van der Waals surface area contributed by atoms with Gasteiger partial charge in [-0.1, -0.05) is 18.2 Å². The molecule has 4 rings (SSSR count). The molecule has 2 heterocycles. The van der Waals surface area contributed by atoms with Crippen LogP contribution in [0.2, 0.25) is 0 Å². The van der Waals surface area contributed by atoms with Gasteiger partial charge in [0.05, 0.1) is 10.5 Å². The molecule has 0 saturated carbocycles. The number of sulfonamides is 1. The first kappa shape index (κ1) is 23.0. The molecular formula is C24H27N3O5S. The van der Waals surface area contributed by atoms with Crippen LogP contribution < -0.4 is 0 Å². The quantitative estimate of drug-likeness (QED) is 0.579. The number of amides is 1. The van der Waals surface area contributed by atoms with E-state index < -0.39 is 22.1 Å². The summed E-state index contributed by atoms with van der Waals surface area (Å²) in [5.74, 6) is -0.906. The number of hydrogen-bond donors (Lipinski definition) is 1. The molecule has 1 amide bonds. The monoisotopic (exact) mass is 469 g/mol. The van der Waals surface area contributed by atoms with Crippen molar-refractivity contribution < 1.29 is 22.7 Å². The number of esters is 1. The lowest BCUT2D eigenvalue weighted by molar-refractivity contribution is -0.141. The summed E-state index contributed by atoms with van der Waals surface area (Å²) in [5, 5.41) is 0.941. The fourth-order valence-electron chi connectivity index (χ4n) is 4.01. The SMILES string of the molecule is Cc1[nH]c2ccc(C(=O)OC(C)C(=O)N3CCN(S(=O)(=O)c4ccccc4)CC3)cc2c1C. The van der Waals surface area contributed by atoms with Crippen LogP contribution in [-0.4, -0.2) is 66.8 Å². The zero-order valence-corrected chi connectivity index (χ0v) is 19.7. The number of H-pyrrole nitrogens is 1. The summed E-state index contributed by atoms with van der Waals surface area (Å²) in [4.78, 5) is 30.5. The van der Waals surface area contributed by atoms with Crippen LogP contribution in [-0.2, 0) is 19.6 Å². The van der Waals surface area contributed by atoms with E-state index in [0.717, 1.165) is 22.2 Å². The van der Waals surface area contributed by atoms with E-state index in [2.05, 4.69) is 4.98 Å². The van der Waals surface area contributed by atoms with Crippen LogP contribution in [0.5, 0.6) is 0 Å². The number of nitrogens with zero attached hydrogens (tertiary/aromatic N) is 2. The number of piperazine rings is 1. The number of fused-ring (bicyclic) bond motifs is 1. The Morgan fingerprint density at radius 1 is 1.00 bits per heavy atom. The van der Waals surface area contributed by atoms with Gasteiger partial charge in [0.1, 0.15) is 0 Å². The standard InChI is InChI=1S/C24H27N3O5S/c1-16-17(2)25-22-10-9-19(15-21(16)22)24(29)32-18(3)23(28)26-11-13-27(14-12-26)33(30,31)20-7-5-4-6-8-20/h4-10,15,18,25H,11-14H2,1-3H3. The number of benzene rings is 2. The lowest BCUT2D eigenvalue weighted by Crippen LogP contribution is -2.52. The second kappa shape index (κ2) is 8.99. The molecule has 9 heteroatoms. The van der Waals surface area contributed by atoms with Crippen LogP contribution in [0.1, 0.15) is 28.5 Å². The minimum absolute atomic E-state index is 0.187. The predicted molar refractivity (Wildman–Crippen MR) is 124 cm³/mol. The number of aryl methyl sites for hydroxylation is 2. The highest BCUT2D eigenvalue weighted by Gasteiger charge is 2.32. The molecule has 1 aliphatic rings. The van der Waals surface area contributed by atoms with Crippen molar-refractivity contribution >= 4 is 32.8 Å². The van der Waals surface area contributed by atoms with Crippen molar-refractivity contribution in [1.82, 2.24) is 14.2 Å². The number of nitrogens with one attached hydrogen (secondary N) is 1. The van der Waals surface area contributed by atoms with Gasteiger partial charge in [0.15, 0.2) is 6.10 Å². The van der Waals surface area contributed by atoms with E-state index in [1.807, 2.05) is 19.9 Å². The zero-order chi connectivity index (χ0) is 23.8. The Morgan fingerprint density at radius 3 is 2.33 bits per heavy atom. The number of carbonyl (C=O) groups is 2. The van der Waals surface area contributed by atoms with Gasteiger partial charge in [0, 0.05) is 42.8 Å². The fraction of sp³-hybridized carbons (Fsp3) is 0.333. The van der Waals surface area contributed by atoms with E-state index in [0.29, 0.717) is 5.56 Å². The number of ether oxygens (including phenoxy) is 1. The van der Waals surface area contributed by atoms with Crippen molar-refractivity contribution in [3.05, 3.63) is 65.4 Å². The molecule has 1 N–H and O–H groups in total. The summed E-state index contributed by atoms with van der Waals surface area (Å²) >= 11 is 0. The molecule has 3 aromatic rings. The Morgan fingerprint density at radius 2 is 1.67 bits per heavy atom. The maximum atomic E-state index is 12.8. The Hall–Kier alpha value is -3.17. The molecule has 1 aliphatic heterocycles. The minimum atomic E-state index is -3.60. The molecule has 0 spiro atoms. The van der Waals surface area contributed by atoms with Gasteiger partial charge in [-0.05, 0) is 56.7 Å². The van der Waals surface area contributed by atoms with Crippen LogP contribution in [0.4, 0.5) is 0 Å². The number of aromatic amines is 1. The number of rotatable bonds is 5. The topological polar surface area (TPSA) is 99.8 Å². The van der Waals surface area contributed by atoms with Crippen LogP contribution in [0, 0.1) is 13.8 Å². The van der Waals surface area contributed by atoms with Crippen molar-refractivity contribution in [2.45, 2.75) is 31.8 Å². The van der Waals surface area contributed by atoms with E-state index in [9.17, 15) is 18.0 Å². The summed E-state index contributed by atoms with van der Waals surface area (Å²) in [5.41, 5.74) is 3.41. The van der Waals surface area contributed by atoms with Gasteiger partial charge in [-0.15, -0.1) is 0 Å². The third kappa shape index (κ3) is 4.51. The number of hydrogen-bond acceptors (Lipinski definition) is 5. The molecule has 2 aromatic carbocycles. The maximum Gasteiger partial charge on any atom is 0.338 e. The molecule has 0 bridgehead atoms. The summed E-state index contributed by atoms with van der Waals surface area (Å²) in [7, 11) is -3.60. The van der Waals surface area contributed by atoms with E-state index in [-0.39, 0.29) is 37.0 Å². The summed E-state index contributed by atoms with van der Waals surface area (Å²) in [6.45, 7) is 6.34. The normalized spacial score (nSPS) is 16.0. The highest BCUT2D eigenvalue weighted by atomic mass is 32.2. The molecule has 8 nitrogen and oxygen atoms in total. The van der Waals surface area contributed by atoms with Gasteiger partial charge < -0.3 is 14.6 Å². The maximum absolute atomic E-state index is 12.8. The van der Waals surface area contributed by atoms with Crippen LogP contribution in [0.15, 0.2) is 53.4 Å². The minimum Gasteiger partial charge on any atom is -0.449 e. The Balaban J connectivity index is 1.37. The second-order valence-corrected chi connectivity index (χ2v) is 10.2. The Kier molecular flexibility index (Phi) is 6.27. The van der Waals surface area contributed by atoms with Crippen LogP contribution in [0.25, 0.3) is 10.9 Å². The summed E-state index contributed by atoms with van der Waals surface area (Å²) < 4.78 is 32.4. The van der Waals surface area contributed by atoms with Crippen molar-refractivity contribution in [1.29, 1.82) is 0 Å². The fourth-order valence-corrected chi connectivity index (χ4v) is 5.46. The third-order valence-corrected chi connectivity index (χ3v) is 8.02. The van der Waals surface area contributed by atoms with E-state index in [1.165, 1.54) is 16.1 Å². The molecule has 0 radical (unpaired) electrons.